The molecule has 0 bridgehead atoms. The van der Waals surface area contributed by atoms with Crippen LogP contribution in [0.3, 0.4) is 0 Å². The van der Waals surface area contributed by atoms with E-state index in [2.05, 4.69) is 25.4 Å². The molecule has 1 unspecified atom stereocenters. The van der Waals surface area contributed by atoms with Crippen LogP contribution in [-0.4, -0.2) is 61.3 Å². The van der Waals surface area contributed by atoms with E-state index in [0.29, 0.717) is 17.7 Å². The van der Waals surface area contributed by atoms with Crippen molar-refractivity contribution >= 4 is 28.6 Å². The Morgan fingerprint density at radius 2 is 2.06 bits per heavy atom. The van der Waals surface area contributed by atoms with E-state index in [1.54, 1.807) is 0 Å². The number of fused-ring (bicyclic) bond motifs is 2. The summed E-state index contributed by atoms with van der Waals surface area (Å²) < 4.78 is 3.97. The Hall–Kier alpha value is -2.94. The minimum atomic E-state index is 0.0764. The molecule has 2 aliphatic carbocycles. The van der Waals surface area contributed by atoms with Gasteiger partial charge in [0.1, 0.15) is 5.69 Å². The lowest BCUT2D eigenvalue weighted by Crippen LogP contribution is -2.41. The quantitative estimate of drug-likeness (QED) is 0.620. The first-order chi connectivity index (χ1) is 15.6. The van der Waals surface area contributed by atoms with Crippen LogP contribution in [0.5, 0.6) is 0 Å². The summed E-state index contributed by atoms with van der Waals surface area (Å²) in [5, 5.41) is 12.1. The summed E-state index contributed by atoms with van der Waals surface area (Å²) in [5.74, 6) is 2.39. The van der Waals surface area contributed by atoms with E-state index in [1.165, 1.54) is 19.3 Å². The number of hydrogen-bond donors (Lipinski definition) is 2. The summed E-state index contributed by atoms with van der Waals surface area (Å²) in [7, 11) is 3.84. The van der Waals surface area contributed by atoms with Crippen LogP contribution in [0.25, 0.3) is 11.0 Å². The van der Waals surface area contributed by atoms with Gasteiger partial charge in [0.25, 0.3) is 5.91 Å². The number of hydrogen-bond acceptors (Lipinski definition) is 6. The largest absolute Gasteiger partial charge is 0.344 e. The van der Waals surface area contributed by atoms with Crippen molar-refractivity contribution < 1.29 is 4.79 Å². The molecule has 2 N–H and O–H groups in total. The number of aromatic nitrogens is 5. The van der Waals surface area contributed by atoms with Crippen molar-refractivity contribution in [3.63, 3.8) is 0 Å². The molecule has 4 atom stereocenters. The molecule has 3 fully saturated rings. The maximum atomic E-state index is 13.2. The van der Waals surface area contributed by atoms with Crippen molar-refractivity contribution in [1.82, 2.24) is 34.5 Å². The molecule has 0 spiro atoms. The molecule has 32 heavy (non-hydrogen) atoms. The van der Waals surface area contributed by atoms with Gasteiger partial charge in [-0.2, -0.15) is 10.1 Å². The number of carbonyl (C=O) groups excluding carboxylic acids is 1. The number of aryl methyl sites for hydroxylation is 1. The van der Waals surface area contributed by atoms with E-state index in [9.17, 15) is 4.79 Å². The highest BCUT2D eigenvalue weighted by molar-refractivity contribution is 5.94. The van der Waals surface area contributed by atoms with Gasteiger partial charge in [0.2, 0.25) is 5.95 Å². The predicted molar refractivity (Wildman–Crippen MR) is 122 cm³/mol. The van der Waals surface area contributed by atoms with E-state index < -0.39 is 0 Å². The molecule has 3 aliphatic rings. The van der Waals surface area contributed by atoms with E-state index >= 15 is 0 Å². The van der Waals surface area contributed by atoms with E-state index in [4.69, 9.17) is 4.98 Å². The van der Waals surface area contributed by atoms with Crippen LogP contribution in [0, 0.1) is 11.8 Å². The van der Waals surface area contributed by atoms with Gasteiger partial charge < -0.3 is 20.1 Å². The lowest BCUT2D eigenvalue weighted by atomic mass is 10.2. The zero-order valence-electron chi connectivity index (χ0n) is 18.7. The minimum absolute atomic E-state index is 0.0764. The van der Waals surface area contributed by atoms with Crippen LogP contribution in [0.1, 0.15) is 48.6 Å². The molecule has 168 valence electrons. The fourth-order valence-electron chi connectivity index (χ4n) is 5.72. The summed E-state index contributed by atoms with van der Waals surface area (Å²) in [6.07, 6.45) is 11.5. The van der Waals surface area contributed by atoms with Crippen LogP contribution >= 0.6 is 0 Å². The highest BCUT2D eigenvalue weighted by Crippen LogP contribution is 2.56. The van der Waals surface area contributed by atoms with Crippen molar-refractivity contribution in [2.45, 2.75) is 44.2 Å². The topological polar surface area (TPSA) is 92.9 Å². The number of likely N-dealkylation sites (N-methyl/N-ethyl adjacent to an activating group) is 1. The Morgan fingerprint density at radius 3 is 2.88 bits per heavy atom. The Labute approximate surface area is 187 Å². The molecule has 9 nitrogen and oxygen atoms in total. The summed E-state index contributed by atoms with van der Waals surface area (Å²) >= 11 is 0. The molecule has 0 aromatic carbocycles. The fraction of sp³-hybridized carbons (Fsp3) is 0.565. The second-order valence-corrected chi connectivity index (χ2v) is 9.64. The Morgan fingerprint density at radius 1 is 1.22 bits per heavy atom. The molecular formula is C23H30N8O. The normalized spacial score (nSPS) is 26.6. The maximum Gasteiger partial charge on any atom is 0.270 e. The van der Waals surface area contributed by atoms with Gasteiger partial charge in [-0.3, -0.25) is 4.79 Å². The van der Waals surface area contributed by atoms with Gasteiger partial charge in [-0.05, 0) is 57.1 Å². The average molecular weight is 435 g/mol. The predicted octanol–water partition coefficient (Wildman–Crippen LogP) is 2.70. The molecule has 6 rings (SSSR count). The van der Waals surface area contributed by atoms with Crippen molar-refractivity contribution in [3.8, 4) is 0 Å². The highest BCUT2D eigenvalue weighted by atomic mass is 16.2. The Kier molecular flexibility index (Phi) is 4.67. The lowest BCUT2D eigenvalue weighted by molar-refractivity contribution is 0.0727. The molecule has 1 amide bonds. The van der Waals surface area contributed by atoms with Crippen LogP contribution in [0.2, 0.25) is 0 Å². The van der Waals surface area contributed by atoms with Crippen LogP contribution < -0.4 is 10.6 Å². The van der Waals surface area contributed by atoms with E-state index in [1.807, 2.05) is 48.2 Å². The van der Waals surface area contributed by atoms with E-state index in [-0.39, 0.29) is 11.9 Å². The molecule has 1 aliphatic heterocycles. The first-order valence-corrected chi connectivity index (χ1v) is 11.7. The number of nitrogens with zero attached hydrogens (tertiary/aromatic N) is 6. The summed E-state index contributed by atoms with van der Waals surface area (Å²) in [6, 6.07) is 2.60. The van der Waals surface area contributed by atoms with Gasteiger partial charge in [0.15, 0.2) is 5.65 Å². The van der Waals surface area contributed by atoms with Gasteiger partial charge in [-0.1, -0.05) is 0 Å². The summed E-state index contributed by atoms with van der Waals surface area (Å²) in [4.78, 5) is 24.4. The highest BCUT2D eigenvalue weighted by Gasteiger charge is 2.47. The molecule has 9 heteroatoms. The second kappa shape index (κ2) is 7.58. The van der Waals surface area contributed by atoms with Crippen molar-refractivity contribution in [3.05, 3.63) is 30.4 Å². The molecule has 4 heterocycles. The molecule has 3 aromatic rings. The number of carbonyl (C=O) groups is 1. The smallest absolute Gasteiger partial charge is 0.270 e. The third-order valence-corrected chi connectivity index (χ3v) is 7.46. The maximum absolute atomic E-state index is 13.2. The Bertz CT molecular complexity index is 1160. The molecule has 2 saturated carbocycles. The zero-order chi connectivity index (χ0) is 21.8. The van der Waals surface area contributed by atoms with Gasteiger partial charge in [0.05, 0.1) is 23.3 Å². The third kappa shape index (κ3) is 3.35. The fourth-order valence-corrected chi connectivity index (χ4v) is 5.72. The van der Waals surface area contributed by atoms with Gasteiger partial charge in [0, 0.05) is 38.6 Å². The van der Waals surface area contributed by atoms with Crippen LogP contribution in [-0.2, 0) is 7.05 Å². The first-order valence-electron chi connectivity index (χ1n) is 11.7. The van der Waals surface area contributed by atoms with Gasteiger partial charge >= 0.3 is 0 Å². The standard InChI is InChI=1S/C23H30N8O/c1-24-12-18-4-3-5-30(18)22(32)20-9-17(13-29(20)2)27-23-25-10-16-11-26-31(21(16)28-23)19-7-14-6-15(14)8-19/h9-11,13-15,18-19,24H,3-8,12H2,1-2H3,(H,25,27,28)/t14-,15+,18-,19?/m0/s1. The number of likely N-dealkylation sites (tertiary alicyclic amines) is 1. The number of nitrogens with one attached hydrogen (secondary N) is 2. The summed E-state index contributed by atoms with van der Waals surface area (Å²) in [6.45, 7) is 1.64. The van der Waals surface area contributed by atoms with Gasteiger partial charge in [-0.25, -0.2) is 9.67 Å². The molecule has 0 radical (unpaired) electrons. The second-order valence-electron chi connectivity index (χ2n) is 9.64. The van der Waals surface area contributed by atoms with Crippen molar-refractivity contribution in [2.75, 3.05) is 25.5 Å². The number of rotatable bonds is 6. The van der Waals surface area contributed by atoms with E-state index in [0.717, 1.165) is 54.5 Å². The molecule has 3 aromatic heterocycles. The Balaban J connectivity index is 1.22. The monoisotopic (exact) mass is 434 g/mol. The first kappa shape index (κ1) is 19.7. The number of amides is 1. The molecular weight excluding hydrogens is 404 g/mol. The SMILES string of the molecule is CNC[C@@H]1CCCN1C(=O)c1cc(Nc2ncc3cnn(C4C[C@@H]5C[C@@H]5C4)c3n2)cn1C. The minimum Gasteiger partial charge on any atom is -0.344 e. The average Bonchev–Trinajstić information content (AvgIpc) is 3.26. The van der Waals surface area contributed by atoms with Crippen molar-refractivity contribution in [2.24, 2.45) is 18.9 Å². The van der Waals surface area contributed by atoms with Crippen molar-refractivity contribution in [1.29, 1.82) is 0 Å². The lowest BCUT2D eigenvalue weighted by Gasteiger charge is -2.24. The third-order valence-electron chi connectivity index (χ3n) is 7.46. The van der Waals surface area contributed by atoms with Crippen LogP contribution in [0.4, 0.5) is 11.6 Å². The zero-order valence-corrected chi connectivity index (χ0v) is 18.7. The molecule has 1 saturated heterocycles. The van der Waals surface area contributed by atoms with Crippen LogP contribution in [0.15, 0.2) is 24.7 Å². The number of anilines is 2. The summed E-state index contributed by atoms with van der Waals surface area (Å²) in [5.41, 5.74) is 2.37. The van der Waals surface area contributed by atoms with Gasteiger partial charge in [-0.15, -0.1) is 0 Å².